The highest BCUT2D eigenvalue weighted by Crippen LogP contribution is 2.33. The van der Waals surface area contributed by atoms with Crippen LogP contribution >= 0.6 is 11.8 Å². The van der Waals surface area contributed by atoms with E-state index in [2.05, 4.69) is 0 Å². The van der Waals surface area contributed by atoms with Gasteiger partial charge in [0, 0.05) is 7.11 Å². The summed E-state index contributed by atoms with van der Waals surface area (Å²) < 4.78 is 5.21. The Hall–Kier alpha value is -0.260. The van der Waals surface area contributed by atoms with Crippen molar-refractivity contribution in [2.45, 2.75) is 43.1 Å². The fraction of sp³-hybridized carbons (Fsp3) is 0.909. The van der Waals surface area contributed by atoms with Crippen LogP contribution < -0.4 is 5.73 Å². The molecule has 2 saturated heterocycles. The molecule has 2 rings (SSSR count). The normalized spacial score (nSPS) is 35.8. The number of piperidine rings is 1. The molecule has 0 unspecified atom stereocenters. The molecule has 2 aliphatic rings. The van der Waals surface area contributed by atoms with Gasteiger partial charge < -0.3 is 15.4 Å². The number of thioether (sulfide) groups is 1. The molecule has 2 fully saturated rings. The molecular formula is C11H20N2O2S. The van der Waals surface area contributed by atoms with Gasteiger partial charge in [0.25, 0.3) is 0 Å². The van der Waals surface area contributed by atoms with Gasteiger partial charge in [-0.05, 0) is 31.4 Å². The monoisotopic (exact) mass is 244 g/mol. The van der Waals surface area contributed by atoms with Gasteiger partial charge in [-0.25, -0.2) is 0 Å². The molecule has 2 N–H and O–H groups in total. The van der Waals surface area contributed by atoms with Crippen LogP contribution in [0, 0.1) is 0 Å². The van der Waals surface area contributed by atoms with Crippen molar-refractivity contribution in [3.8, 4) is 0 Å². The summed E-state index contributed by atoms with van der Waals surface area (Å²) in [5.74, 6) is 1.12. The summed E-state index contributed by atoms with van der Waals surface area (Å²) in [7, 11) is 1.69. The first kappa shape index (κ1) is 12.2. The largest absolute Gasteiger partial charge is 0.383 e. The lowest BCUT2D eigenvalue weighted by Gasteiger charge is -2.41. The predicted octanol–water partition coefficient (Wildman–Crippen LogP) is 0.804. The Morgan fingerprint density at radius 3 is 3.06 bits per heavy atom. The summed E-state index contributed by atoms with van der Waals surface area (Å²) in [4.78, 5) is 14.2. The summed E-state index contributed by atoms with van der Waals surface area (Å²) in [5, 5.41) is 0.329. The van der Waals surface area contributed by atoms with Gasteiger partial charge in [-0.3, -0.25) is 4.79 Å². The number of rotatable bonds is 2. The van der Waals surface area contributed by atoms with E-state index in [4.69, 9.17) is 10.5 Å². The predicted molar refractivity (Wildman–Crippen MR) is 65.2 cm³/mol. The van der Waals surface area contributed by atoms with Crippen LogP contribution in [0.4, 0.5) is 0 Å². The van der Waals surface area contributed by atoms with Crippen LogP contribution in [-0.4, -0.2) is 47.7 Å². The van der Waals surface area contributed by atoms with E-state index in [0.717, 1.165) is 25.0 Å². The van der Waals surface area contributed by atoms with Crippen molar-refractivity contribution in [2.75, 3.05) is 19.5 Å². The standard InChI is InChI=1S/C11H20N2O2S/c1-15-7-8-3-2-4-10-13(8)11(14)9(12)5-6-16-10/h8-10H,2-7,12H2,1H3/t8-,9-,10-/m0/s1. The minimum absolute atomic E-state index is 0.122. The summed E-state index contributed by atoms with van der Waals surface area (Å²) >= 11 is 1.87. The second-order valence-electron chi connectivity index (χ2n) is 4.51. The molecule has 0 aliphatic carbocycles. The van der Waals surface area contributed by atoms with Gasteiger partial charge in [-0.2, -0.15) is 0 Å². The third-order valence-corrected chi connectivity index (χ3v) is 4.68. The van der Waals surface area contributed by atoms with Gasteiger partial charge in [0.05, 0.1) is 24.1 Å². The van der Waals surface area contributed by atoms with Gasteiger partial charge in [0.15, 0.2) is 0 Å². The molecule has 5 heteroatoms. The van der Waals surface area contributed by atoms with Crippen molar-refractivity contribution in [1.29, 1.82) is 0 Å². The minimum atomic E-state index is -0.310. The number of carbonyl (C=O) groups excluding carboxylic acids is 1. The highest BCUT2D eigenvalue weighted by atomic mass is 32.2. The molecular weight excluding hydrogens is 224 g/mol. The number of fused-ring (bicyclic) bond motifs is 1. The number of amides is 1. The van der Waals surface area contributed by atoms with E-state index in [-0.39, 0.29) is 18.0 Å². The lowest BCUT2D eigenvalue weighted by atomic mass is 10.0. The molecule has 92 valence electrons. The molecule has 0 aromatic rings. The van der Waals surface area contributed by atoms with Gasteiger partial charge in [-0.1, -0.05) is 0 Å². The number of methoxy groups -OCH3 is 1. The Bertz CT molecular complexity index is 260. The Kier molecular flexibility index (Phi) is 4.10. The van der Waals surface area contributed by atoms with Crippen LogP contribution in [0.5, 0.6) is 0 Å². The van der Waals surface area contributed by atoms with Gasteiger partial charge >= 0.3 is 0 Å². The maximum atomic E-state index is 12.2. The van der Waals surface area contributed by atoms with E-state index >= 15 is 0 Å². The molecule has 4 nitrogen and oxygen atoms in total. The fourth-order valence-corrected chi connectivity index (χ4v) is 3.96. The molecule has 1 amide bonds. The van der Waals surface area contributed by atoms with E-state index in [1.54, 1.807) is 7.11 Å². The lowest BCUT2D eigenvalue weighted by molar-refractivity contribution is -0.138. The first-order valence-corrected chi connectivity index (χ1v) is 6.97. The lowest BCUT2D eigenvalue weighted by Crippen LogP contribution is -2.54. The summed E-state index contributed by atoms with van der Waals surface area (Å²) in [6.45, 7) is 0.634. The van der Waals surface area contributed by atoms with Crippen LogP contribution in [0.3, 0.4) is 0 Å². The van der Waals surface area contributed by atoms with Crippen molar-refractivity contribution in [1.82, 2.24) is 4.90 Å². The van der Waals surface area contributed by atoms with Gasteiger partial charge in [0.1, 0.15) is 0 Å². The Morgan fingerprint density at radius 2 is 2.31 bits per heavy atom. The van der Waals surface area contributed by atoms with Crippen LogP contribution in [0.15, 0.2) is 0 Å². The second kappa shape index (κ2) is 5.38. The summed E-state index contributed by atoms with van der Waals surface area (Å²) in [6, 6.07) is -0.0807. The zero-order valence-electron chi connectivity index (χ0n) is 9.72. The number of nitrogens with two attached hydrogens (primary N) is 1. The first-order valence-electron chi connectivity index (χ1n) is 5.92. The van der Waals surface area contributed by atoms with Crippen molar-refractivity contribution >= 4 is 17.7 Å². The maximum Gasteiger partial charge on any atom is 0.240 e. The number of nitrogens with zero attached hydrogens (tertiary/aromatic N) is 1. The third kappa shape index (κ3) is 2.36. The molecule has 2 heterocycles. The average Bonchev–Trinajstić information content (AvgIpc) is 2.41. The zero-order valence-corrected chi connectivity index (χ0v) is 10.5. The van der Waals surface area contributed by atoms with Gasteiger partial charge in [0.2, 0.25) is 5.91 Å². The van der Waals surface area contributed by atoms with Crippen LogP contribution in [0.2, 0.25) is 0 Å². The van der Waals surface area contributed by atoms with Crippen LogP contribution in [-0.2, 0) is 9.53 Å². The molecule has 3 atom stereocenters. The number of ether oxygens (including phenoxy) is 1. The highest BCUT2D eigenvalue weighted by Gasteiger charge is 2.38. The molecule has 0 spiro atoms. The highest BCUT2D eigenvalue weighted by molar-refractivity contribution is 7.99. The Labute approximate surface area is 101 Å². The second-order valence-corrected chi connectivity index (χ2v) is 5.79. The molecule has 2 aliphatic heterocycles. The Balaban J connectivity index is 2.15. The molecule has 0 aromatic heterocycles. The van der Waals surface area contributed by atoms with E-state index < -0.39 is 0 Å². The van der Waals surface area contributed by atoms with Crippen molar-refractivity contribution in [2.24, 2.45) is 5.73 Å². The molecule has 0 bridgehead atoms. The summed E-state index contributed by atoms with van der Waals surface area (Å²) in [5.41, 5.74) is 5.90. The molecule has 0 radical (unpaired) electrons. The number of hydrogen-bond donors (Lipinski definition) is 1. The van der Waals surface area contributed by atoms with Crippen molar-refractivity contribution in [3.63, 3.8) is 0 Å². The van der Waals surface area contributed by atoms with Crippen LogP contribution in [0.1, 0.15) is 25.7 Å². The SMILES string of the molecule is COC[C@@H]1CCC[C@@H]2SCC[C@H](N)C(=O)N12. The van der Waals surface area contributed by atoms with Crippen LogP contribution in [0.25, 0.3) is 0 Å². The van der Waals surface area contributed by atoms with E-state index in [9.17, 15) is 4.79 Å². The zero-order chi connectivity index (χ0) is 11.5. The first-order chi connectivity index (χ1) is 7.74. The minimum Gasteiger partial charge on any atom is -0.383 e. The van der Waals surface area contributed by atoms with E-state index in [0.29, 0.717) is 12.0 Å². The van der Waals surface area contributed by atoms with E-state index in [1.807, 2.05) is 16.7 Å². The average molecular weight is 244 g/mol. The number of carbonyl (C=O) groups is 1. The quantitative estimate of drug-likeness (QED) is 0.781. The fourth-order valence-electron chi connectivity index (χ4n) is 2.53. The van der Waals surface area contributed by atoms with Crippen molar-refractivity contribution in [3.05, 3.63) is 0 Å². The van der Waals surface area contributed by atoms with Crippen molar-refractivity contribution < 1.29 is 9.53 Å². The maximum absolute atomic E-state index is 12.2. The van der Waals surface area contributed by atoms with E-state index in [1.165, 1.54) is 6.42 Å². The third-order valence-electron chi connectivity index (χ3n) is 3.36. The topological polar surface area (TPSA) is 55.6 Å². The smallest absolute Gasteiger partial charge is 0.240 e. The molecule has 0 saturated carbocycles. The Morgan fingerprint density at radius 1 is 1.50 bits per heavy atom. The summed E-state index contributed by atoms with van der Waals surface area (Å²) in [6.07, 6.45) is 4.13. The van der Waals surface area contributed by atoms with Gasteiger partial charge in [-0.15, -0.1) is 11.8 Å². The molecule has 16 heavy (non-hydrogen) atoms. The number of hydrogen-bond acceptors (Lipinski definition) is 4. The molecule has 0 aromatic carbocycles.